The summed E-state index contributed by atoms with van der Waals surface area (Å²) >= 11 is 0. The Hall–Kier alpha value is -0.167. The normalized spacial score (nSPS) is 10.4. The van der Waals surface area contributed by atoms with E-state index in [2.05, 4.69) is 97.1 Å². The average molecular weight is 469 g/mol. The van der Waals surface area contributed by atoms with Gasteiger partial charge in [-0.2, -0.15) is 48.5 Å². The van der Waals surface area contributed by atoms with Crippen molar-refractivity contribution in [2.24, 2.45) is 0 Å². The maximum atomic E-state index is 3.97. The van der Waals surface area contributed by atoms with Gasteiger partial charge in [0.1, 0.15) is 0 Å². The maximum Gasteiger partial charge on any atom is 4.00 e. The molecule has 2 aromatic rings. The van der Waals surface area contributed by atoms with Crippen LogP contribution in [0.1, 0.15) is 77.6 Å². The number of halogens is 1. The van der Waals surface area contributed by atoms with Gasteiger partial charge >= 0.3 is 26.2 Å². The van der Waals surface area contributed by atoms with E-state index >= 15 is 0 Å². The monoisotopic (exact) mass is 467 g/mol. The fourth-order valence-electron chi connectivity index (χ4n) is 2.28. The van der Waals surface area contributed by atoms with Crippen LogP contribution in [0.3, 0.4) is 0 Å². The van der Waals surface area contributed by atoms with E-state index in [4.69, 9.17) is 0 Å². The topological polar surface area (TPSA) is 14.1 Å². The zero-order valence-electron chi connectivity index (χ0n) is 19.2. The van der Waals surface area contributed by atoms with Crippen LogP contribution in [-0.2, 0) is 37.0 Å². The molecule has 0 N–H and O–H groups in total. The molecule has 0 aliphatic heterocycles. The van der Waals surface area contributed by atoms with E-state index in [0.29, 0.717) is 10.8 Å². The summed E-state index contributed by atoms with van der Waals surface area (Å²) in [6, 6.07) is 13.2. The van der Waals surface area contributed by atoms with E-state index in [1.165, 1.54) is 22.3 Å². The van der Waals surface area contributed by atoms with Crippen molar-refractivity contribution in [1.29, 1.82) is 0 Å². The van der Waals surface area contributed by atoms with Gasteiger partial charge in [0.25, 0.3) is 0 Å². The molecular weight excluding hydrogens is 429 g/mol. The van der Waals surface area contributed by atoms with Gasteiger partial charge in [0.15, 0.2) is 0 Å². The second kappa shape index (κ2) is 14.8. The summed E-state index contributed by atoms with van der Waals surface area (Å²) in [5.41, 5.74) is 6.23. The van der Waals surface area contributed by atoms with Gasteiger partial charge in [-0.3, -0.25) is 0 Å². The minimum Gasteiger partial charge on any atom is -1.00 e. The summed E-state index contributed by atoms with van der Waals surface area (Å²) in [5.74, 6) is 0. The van der Waals surface area contributed by atoms with Gasteiger partial charge in [0, 0.05) is 0 Å². The third kappa shape index (κ3) is 14.5. The minimum absolute atomic E-state index is 0. The fraction of sp³-hybridized carbons (Fsp3) is 0.583. The molecule has 0 unspecified atom stereocenters. The van der Waals surface area contributed by atoms with Gasteiger partial charge < -0.3 is 17.7 Å². The Labute approximate surface area is 195 Å². The second-order valence-electron chi connectivity index (χ2n) is 8.71. The van der Waals surface area contributed by atoms with E-state index < -0.39 is 0 Å². The van der Waals surface area contributed by atoms with Crippen LogP contribution in [0.5, 0.6) is 0 Å². The molecule has 2 rings (SSSR count). The molecule has 0 radical (unpaired) electrons. The summed E-state index contributed by atoms with van der Waals surface area (Å²) in [6.45, 7) is 23.7. The quantitative estimate of drug-likeness (QED) is 0.579. The Morgan fingerprint density at radius 2 is 1.04 bits per heavy atom. The average Bonchev–Trinajstić information content (AvgIpc) is 3.09. The van der Waals surface area contributed by atoms with Crippen LogP contribution in [0, 0.1) is 13.8 Å². The van der Waals surface area contributed by atoms with Crippen molar-refractivity contribution in [2.75, 3.05) is 13.1 Å². The molecule has 0 saturated heterocycles. The van der Waals surface area contributed by atoms with Crippen LogP contribution in [0.4, 0.5) is 0 Å². The molecule has 0 spiro atoms. The number of rotatable bonds is 2. The number of hydrogen-bond donors (Lipinski definition) is 0. The van der Waals surface area contributed by atoms with Crippen molar-refractivity contribution < 1.29 is 38.6 Å². The van der Waals surface area contributed by atoms with Crippen LogP contribution in [0.2, 0.25) is 0 Å². The molecule has 0 heterocycles. The van der Waals surface area contributed by atoms with Gasteiger partial charge in [-0.05, 0) is 0 Å². The minimum atomic E-state index is 0. The first kappa shape index (κ1) is 31.5. The van der Waals surface area contributed by atoms with Crippen molar-refractivity contribution in [3.63, 3.8) is 0 Å². The number of aryl methyl sites for hydroxylation is 2. The first-order valence-corrected chi connectivity index (χ1v) is 9.52. The van der Waals surface area contributed by atoms with Crippen molar-refractivity contribution in [3.05, 3.63) is 64.0 Å². The van der Waals surface area contributed by atoms with Crippen molar-refractivity contribution in [1.82, 2.24) is 0 Å². The molecule has 0 aliphatic rings. The predicted molar refractivity (Wildman–Crippen MR) is 115 cm³/mol. The zero-order chi connectivity index (χ0) is 19.7. The molecule has 3 heteroatoms. The van der Waals surface area contributed by atoms with Crippen LogP contribution in [0.15, 0.2) is 36.4 Å². The molecule has 0 aliphatic carbocycles. The Kier molecular flexibility index (Phi) is 17.3. The Morgan fingerprint density at radius 1 is 0.741 bits per heavy atom. The summed E-state index contributed by atoms with van der Waals surface area (Å²) in [7, 11) is 0. The van der Waals surface area contributed by atoms with Gasteiger partial charge in [0.05, 0.1) is 0 Å². The molecule has 0 fully saturated rings. The molecule has 0 amide bonds. The second-order valence-corrected chi connectivity index (χ2v) is 8.71. The van der Waals surface area contributed by atoms with Crippen molar-refractivity contribution in [2.45, 2.75) is 80.1 Å². The number of hydrogen-bond acceptors (Lipinski definition) is 0. The molecule has 0 saturated carbocycles. The molecule has 152 valence electrons. The molecule has 27 heavy (non-hydrogen) atoms. The molecule has 2 aromatic carbocycles. The Bertz CT molecular complexity index is 530. The summed E-state index contributed by atoms with van der Waals surface area (Å²) in [4.78, 5) is 0. The van der Waals surface area contributed by atoms with Crippen LogP contribution >= 0.6 is 0 Å². The molecule has 0 atom stereocenters. The van der Waals surface area contributed by atoms with Crippen molar-refractivity contribution in [3.8, 4) is 0 Å². The third-order valence-corrected chi connectivity index (χ3v) is 4.00. The van der Waals surface area contributed by atoms with E-state index in [0.717, 1.165) is 13.1 Å². The molecule has 0 bridgehead atoms. The summed E-state index contributed by atoms with van der Waals surface area (Å²) in [5, 5.41) is 3.97. The molecule has 1 nitrogen and oxygen atoms in total. The van der Waals surface area contributed by atoms with Gasteiger partial charge in [-0.1, -0.05) is 80.1 Å². The van der Waals surface area contributed by atoms with E-state index in [1.54, 1.807) is 0 Å². The smallest absolute Gasteiger partial charge is 1.00 e. The van der Waals surface area contributed by atoms with E-state index in [9.17, 15) is 0 Å². The zero-order valence-corrected chi connectivity index (χ0v) is 22.4. The third-order valence-electron chi connectivity index (χ3n) is 4.00. The van der Waals surface area contributed by atoms with Crippen LogP contribution < -0.4 is 12.4 Å². The van der Waals surface area contributed by atoms with Gasteiger partial charge in [-0.15, -0.1) is 0 Å². The first-order chi connectivity index (χ1) is 11.4. The van der Waals surface area contributed by atoms with E-state index in [-0.39, 0.29) is 38.6 Å². The van der Waals surface area contributed by atoms with Crippen molar-refractivity contribution >= 4 is 0 Å². The SMILES string of the molecule is CC[N-]CC.Cc1cc[c-](C(C)(C)C)c1.Cc1cc[c-](C(C)(C)C)c1.[Cl-].[Zr+4]. The summed E-state index contributed by atoms with van der Waals surface area (Å²) in [6.07, 6.45) is 0. The molecular formula is C24H40ClNZr. The number of nitrogens with zero attached hydrogens (tertiary/aromatic N) is 1. The maximum absolute atomic E-state index is 3.97. The fourth-order valence-corrected chi connectivity index (χ4v) is 2.28. The first-order valence-electron chi connectivity index (χ1n) is 9.52. The largest absolute Gasteiger partial charge is 4.00 e. The van der Waals surface area contributed by atoms with E-state index in [1.807, 2.05) is 13.8 Å². The van der Waals surface area contributed by atoms with Crippen LogP contribution in [-0.4, -0.2) is 13.1 Å². The molecule has 0 aromatic heterocycles. The van der Waals surface area contributed by atoms with Gasteiger partial charge in [0.2, 0.25) is 0 Å². The van der Waals surface area contributed by atoms with Crippen LogP contribution in [0.25, 0.3) is 5.32 Å². The standard InChI is InChI=1S/2C10H15.C4H10N.ClH.Zr/c2*1-8-5-6-9(7-8)10(2,3)4;1-3-5-4-2;;/h2*5-7H,1-4H3;3-4H2,1-2H3;1H;/q3*-1;;+4/p-1. The Balaban J connectivity index is -0.000000326. The summed E-state index contributed by atoms with van der Waals surface area (Å²) < 4.78 is 0. The van der Waals surface area contributed by atoms with Gasteiger partial charge in [-0.25, -0.2) is 23.3 Å². The Morgan fingerprint density at radius 3 is 1.11 bits per heavy atom. The predicted octanol–water partition coefficient (Wildman–Crippen LogP) is 4.42.